The smallest absolute Gasteiger partial charge is 0.254 e. The molecule has 2 fully saturated rings. The average Bonchev–Trinajstić information content (AvgIpc) is 3.53. The van der Waals surface area contributed by atoms with Gasteiger partial charge in [0.2, 0.25) is 11.4 Å². The van der Waals surface area contributed by atoms with E-state index in [0.717, 1.165) is 81.3 Å². The van der Waals surface area contributed by atoms with Gasteiger partial charge in [-0.1, -0.05) is 24.3 Å². The summed E-state index contributed by atoms with van der Waals surface area (Å²) in [7, 11) is 4.22. The van der Waals surface area contributed by atoms with Gasteiger partial charge in [-0.3, -0.25) is 9.80 Å². The molecule has 2 aromatic heterocycles. The van der Waals surface area contributed by atoms with Crippen molar-refractivity contribution in [2.24, 2.45) is 0 Å². The maximum absolute atomic E-state index is 12.4. The number of hydrogen-bond acceptors (Lipinski definition) is 10. The quantitative estimate of drug-likeness (QED) is 0.260. The van der Waals surface area contributed by atoms with E-state index in [-0.39, 0.29) is 0 Å². The van der Waals surface area contributed by atoms with Crippen LogP contribution in [0.25, 0.3) is 11.4 Å². The van der Waals surface area contributed by atoms with Crippen molar-refractivity contribution in [1.29, 1.82) is 0 Å². The molecule has 6 rings (SSSR count). The summed E-state index contributed by atoms with van der Waals surface area (Å²) >= 11 is 0. The first kappa shape index (κ1) is 27.3. The zero-order chi connectivity index (χ0) is 28.3. The molecule has 0 spiro atoms. The van der Waals surface area contributed by atoms with E-state index in [9.17, 15) is 10.2 Å². The molecule has 41 heavy (non-hydrogen) atoms. The lowest BCUT2D eigenvalue weighted by Crippen LogP contribution is -2.46. The van der Waals surface area contributed by atoms with Crippen molar-refractivity contribution in [3.8, 4) is 23.3 Å². The third-order valence-corrected chi connectivity index (χ3v) is 8.10. The van der Waals surface area contributed by atoms with Crippen LogP contribution in [0.5, 0.6) is 11.9 Å². The fourth-order valence-electron chi connectivity index (χ4n) is 5.38. The second-order valence-corrected chi connectivity index (χ2v) is 11.1. The zero-order valence-electron chi connectivity index (χ0n) is 23.6. The number of rotatable bonds is 8. The van der Waals surface area contributed by atoms with Crippen molar-refractivity contribution in [3.63, 3.8) is 0 Å². The van der Waals surface area contributed by atoms with E-state index in [1.807, 2.05) is 48.5 Å². The third kappa shape index (κ3) is 6.25. The Bertz CT molecular complexity index is 1330. The Kier molecular flexibility index (Phi) is 7.97. The lowest BCUT2D eigenvalue weighted by Gasteiger charge is -2.31. The number of benzene rings is 2. The lowest BCUT2D eigenvalue weighted by molar-refractivity contribution is -0.678. The van der Waals surface area contributed by atoms with E-state index >= 15 is 0 Å². The summed E-state index contributed by atoms with van der Waals surface area (Å²) in [6, 6.07) is 16.0. The van der Waals surface area contributed by atoms with Crippen LogP contribution in [0.2, 0.25) is 0 Å². The van der Waals surface area contributed by atoms with Gasteiger partial charge < -0.3 is 29.1 Å². The average molecular weight is 561 g/mol. The Morgan fingerprint density at radius 3 is 1.34 bits per heavy atom. The van der Waals surface area contributed by atoms with E-state index in [0.29, 0.717) is 24.5 Å². The lowest BCUT2D eigenvalue weighted by atomic mass is 10.0. The minimum atomic E-state index is -0.395. The van der Waals surface area contributed by atoms with Gasteiger partial charge in [-0.15, -0.1) is 0 Å². The second-order valence-electron chi connectivity index (χ2n) is 11.1. The monoisotopic (exact) mass is 560 g/mol. The summed E-state index contributed by atoms with van der Waals surface area (Å²) in [6.07, 6.45) is 0.732. The van der Waals surface area contributed by atoms with E-state index in [1.54, 1.807) is 9.36 Å². The van der Waals surface area contributed by atoms with Gasteiger partial charge in [0.25, 0.3) is 11.4 Å². The second kappa shape index (κ2) is 12.0. The topological polar surface area (TPSA) is 119 Å². The molecule has 2 saturated heterocycles. The van der Waals surface area contributed by atoms with Crippen LogP contribution >= 0.6 is 0 Å². The van der Waals surface area contributed by atoms with Gasteiger partial charge in [-0.2, -0.15) is 0 Å². The van der Waals surface area contributed by atoms with Gasteiger partial charge in [-0.25, -0.2) is 0 Å². The Morgan fingerprint density at radius 2 is 0.976 bits per heavy atom. The number of likely N-dealkylation sites (N-methyl/N-ethyl adjacent to an activating group) is 2. The Hall–Kier alpha value is -3.84. The van der Waals surface area contributed by atoms with Crippen LogP contribution in [-0.2, 0) is 19.5 Å². The molecule has 12 heteroatoms. The van der Waals surface area contributed by atoms with Gasteiger partial charge >= 0.3 is 0 Å². The molecule has 0 atom stereocenters. The van der Waals surface area contributed by atoms with Gasteiger partial charge in [0.1, 0.15) is 0 Å². The number of piperazine rings is 2. The van der Waals surface area contributed by atoms with Gasteiger partial charge in [0.05, 0.1) is 23.6 Å². The van der Waals surface area contributed by atoms with Crippen LogP contribution < -0.4 is 19.6 Å². The van der Waals surface area contributed by atoms with Crippen molar-refractivity contribution in [2.75, 3.05) is 66.5 Å². The molecule has 2 aromatic carbocycles. The van der Waals surface area contributed by atoms with Gasteiger partial charge in [0, 0.05) is 76.6 Å². The first-order valence-electron chi connectivity index (χ1n) is 14.1. The van der Waals surface area contributed by atoms with Crippen LogP contribution in [0.15, 0.2) is 57.6 Å². The fourth-order valence-corrected chi connectivity index (χ4v) is 5.38. The molecular weight excluding hydrogens is 524 g/mol. The predicted molar refractivity (Wildman–Crippen MR) is 143 cm³/mol. The van der Waals surface area contributed by atoms with E-state index in [4.69, 9.17) is 9.05 Å². The Morgan fingerprint density at radius 1 is 0.610 bits per heavy atom. The van der Waals surface area contributed by atoms with Crippen LogP contribution in [0, 0.1) is 0 Å². The minimum absolute atomic E-state index is 0.395. The van der Waals surface area contributed by atoms with Crippen LogP contribution in [0.1, 0.15) is 22.5 Å². The van der Waals surface area contributed by atoms with Crippen LogP contribution in [0.3, 0.4) is 0 Å². The molecule has 12 nitrogen and oxygen atoms in total. The molecule has 0 aliphatic carbocycles. The van der Waals surface area contributed by atoms with Crippen molar-refractivity contribution < 1.29 is 28.6 Å². The van der Waals surface area contributed by atoms with Crippen molar-refractivity contribution in [1.82, 2.24) is 30.1 Å². The maximum atomic E-state index is 12.4. The Labute approximate surface area is 239 Å². The SMILES string of the molecule is CN1CCN(Cc2c([O-])on[n+]2-c2ccc(Cc3ccc(-[n+]4noc([O-])c4CN4CCN(C)CC4)cc3)cc2)CC1. The van der Waals surface area contributed by atoms with E-state index in [2.05, 4.69) is 44.2 Å². The number of hydrogen-bond donors (Lipinski definition) is 0. The molecule has 4 aromatic rings. The molecule has 0 radical (unpaired) electrons. The fraction of sp³-hybridized carbons (Fsp3) is 0.448. The summed E-state index contributed by atoms with van der Waals surface area (Å²) in [5, 5.41) is 32.8. The van der Waals surface area contributed by atoms with Crippen LogP contribution in [-0.4, -0.2) is 96.6 Å². The van der Waals surface area contributed by atoms with Crippen molar-refractivity contribution in [2.45, 2.75) is 19.5 Å². The molecule has 0 amide bonds. The largest absolute Gasteiger partial charge is 0.539 e. The van der Waals surface area contributed by atoms with Crippen LogP contribution in [0.4, 0.5) is 0 Å². The number of nitrogens with zero attached hydrogens (tertiary/aromatic N) is 8. The summed E-state index contributed by atoms with van der Waals surface area (Å²) in [4.78, 5) is 9.08. The molecule has 0 unspecified atom stereocenters. The van der Waals surface area contributed by atoms with Crippen molar-refractivity contribution in [3.05, 3.63) is 71.0 Å². The van der Waals surface area contributed by atoms with Crippen molar-refractivity contribution >= 4 is 0 Å². The number of aromatic nitrogens is 4. The zero-order valence-corrected chi connectivity index (χ0v) is 23.6. The highest BCUT2D eigenvalue weighted by Crippen LogP contribution is 2.18. The predicted octanol–water partition coefficient (Wildman–Crippen LogP) is -0.551. The molecule has 0 bridgehead atoms. The Balaban J connectivity index is 1.11. The molecule has 0 N–H and O–H groups in total. The minimum Gasteiger partial charge on any atom is -0.539 e. The first-order valence-corrected chi connectivity index (χ1v) is 14.1. The first-order chi connectivity index (χ1) is 19.9. The molecule has 2 aliphatic heterocycles. The maximum Gasteiger partial charge on any atom is 0.254 e. The van der Waals surface area contributed by atoms with Gasteiger partial charge in [-0.05, 0) is 41.0 Å². The molecule has 4 heterocycles. The summed E-state index contributed by atoms with van der Waals surface area (Å²) in [6.45, 7) is 8.56. The molecule has 0 saturated carbocycles. The highest BCUT2D eigenvalue weighted by molar-refractivity contribution is 5.34. The third-order valence-electron chi connectivity index (χ3n) is 8.10. The van der Waals surface area contributed by atoms with Gasteiger partial charge in [0.15, 0.2) is 11.9 Å². The van der Waals surface area contributed by atoms with E-state index in [1.165, 1.54) is 0 Å². The molecule has 216 valence electrons. The summed E-state index contributed by atoms with van der Waals surface area (Å²) in [5.41, 5.74) is 4.92. The normalized spacial score (nSPS) is 17.8. The van der Waals surface area contributed by atoms with E-state index < -0.39 is 11.9 Å². The summed E-state index contributed by atoms with van der Waals surface area (Å²) < 4.78 is 13.3. The standard InChI is InChI=1S/C29H36N8O4/c1-32-11-15-34(16-12-32)20-26-28(38)40-30-36(26)24-7-3-22(4-8-24)19-23-5-9-25(10-6-23)37-27(29(39)41-31-37)21-35-17-13-33(2)14-18-35/h3-10H,11-21H2,1-2H3. The summed E-state index contributed by atoms with van der Waals surface area (Å²) in [5.74, 6) is -0.789. The highest BCUT2D eigenvalue weighted by Gasteiger charge is 2.26. The highest BCUT2D eigenvalue weighted by atomic mass is 16.6. The molecule has 2 aliphatic rings. The molecular formula is C29H36N8O4.